The standard InChI is InChI=1S/C17H26N4O3.ClH/c1-5-14(22)20-12-7-6-11(4)13(8-12)21-15(23)9-19-17(24)16(18)10(2)3;/h6-8,10,16H,5,9,18H2,1-4H3,(H,19,24)(H,20,22)(H,21,23);1H/t16-;/m0./s1. The van der Waals surface area contributed by atoms with E-state index in [9.17, 15) is 14.4 Å². The number of rotatable bonds is 7. The minimum atomic E-state index is -0.646. The molecule has 0 radical (unpaired) electrons. The molecule has 0 bridgehead atoms. The first-order valence-electron chi connectivity index (χ1n) is 7.98. The molecule has 0 heterocycles. The molecule has 8 heteroatoms. The quantitative estimate of drug-likeness (QED) is 0.586. The summed E-state index contributed by atoms with van der Waals surface area (Å²) in [6.45, 7) is 7.11. The molecule has 3 amide bonds. The van der Waals surface area contributed by atoms with Crippen LogP contribution in [0.3, 0.4) is 0 Å². The van der Waals surface area contributed by atoms with E-state index in [1.165, 1.54) is 0 Å². The van der Waals surface area contributed by atoms with Crippen LogP contribution in [0.1, 0.15) is 32.8 Å². The van der Waals surface area contributed by atoms with Gasteiger partial charge >= 0.3 is 0 Å². The summed E-state index contributed by atoms with van der Waals surface area (Å²) in [5.41, 5.74) is 7.75. The molecule has 25 heavy (non-hydrogen) atoms. The SMILES string of the molecule is CCC(=O)Nc1ccc(C)c(NC(=O)CNC(=O)[C@@H](N)C(C)C)c1.Cl. The zero-order valence-electron chi connectivity index (χ0n) is 15.0. The molecule has 0 saturated carbocycles. The highest BCUT2D eigenvalue weighted by Crippen LogP contribution is 2.20. The number of benzene rings is 1. The third-order valence-electron chi connectivity index (χ3n) is 3.56. The maximum atomic E-state index is 12.0. The molecule has 140 valence electrons. The minimum Gasteiger partial charge on any atom is -0.346 e. The lowest BCUT2D eigenvalue weighted by Gasteiger charge is -2.15. The summed E-state index contributed by atoms with van der Waals surface area (Å²) in [6, 6.07) is 4.60. The van der Waals surface area contributed by atoms with Crippen LogP contribution in [0, 0.1) is 12.8 Å². The second-order valence-electron chi connectivity index (χ2n) is 5.97. The molecule has 1 rings (SSSR count). The number of nitrogens with one attached hydrogen (secondary N) is 3. The zero-order chi connectivity index (χ0) is 18.3. The third-order valence-corrected chi connectivity index (χ3v) is 3.56. The van der Waals surface area contributed by atoms with Gasteiger partial charge in [0, 0.05) is 17.8 Å². The Hall–Kier alpha value is -2.12. The Kier molecular flexibility index (Phi) is 9.78. The lowest BCUT2D eigenvalue weighted by molar-refractivity contribution is -0.125. The average Bonchev–Trinajstić information content (AvgIpc) is 2.54. The van der Waals surface area contributed by atoms with Crippen molar-refractivity contribution in [2.24, 2.45) is 11.7 Å². The molecule has 0 aromatic heterocycles. The molecular weight excluding hydrogens is 344 g/mol. The summed E-state index contributed by atoms with van der Waals surface area (Å²) in [4.78, 5) is 35.2. The average molecular weight is 371 g/mol. The zero-order valence-corrected chi connectivity index (χ0v) is 15.8. The van der Waals surface area contributed by atoms with E-state index in [4.69, 9.17) is 5.73 Å². The first kappa shape index (κ1) is 22.9. The van der Waals surface area contributed by atoms with Gasteiger partial charge < -0.3 is 21.7 Å². The van der Waals surface area contributed by atoms with E-state index in [1.807, 2.05) is 20.8 Å². The number of hydrogen-bond acceptors (Lipinski definition) is 4. The largest absolute Gasteiger partial charge is 0.346 e. The lowest BCUT2D eigenvalue weighted by Crippen LogP contribution is -2.46. The Morgan fingerprint density at radius 1 is 1.12 bits per heavy atom. The highest BCUT2D eigenvalue weighted by molar-refractivity contribution is 5.97. The van der Waals surface area contributed by atoms with E-state index >= 15 is 0 Å². The van der Waals surface area contributed by atoms with Crippen molar-refractivity contribution in [2.75, 3.05) is 17.2 Å². The van der Waals surface area contributed by atoms with Gasteiger partial charge in [0.1, 0.15) is 0 Å². The molecule has 0 aliphatic carbocycles. The number of nitrogens with two attached hydrogens (primary N) is 1. The van der Waals surface area contributed by atoms with Crippen LogP contribution in [0.25, 0.3) is 0 Å². The molecule has 0 aliphatic rings. The van der Waals surface area contributed by atoms with E-state index in [1.54, 1.807) is 25.1 Å². The Bertz CT molecular complexity index is 620. The lowest BCUT2D eigenvalue weighted by atomic mass is 10.1. The first-order chi connectivity index (χ1) is 11.2. The molecule has 0 aliphatic heterocycles. The summed E-state index contributed by atoms with van der Waals surface area (Å²) >= 11 is 0. The molecule has 5 N–H and O–H groups in total. The molecule has 7 nitrogen and oxygen atoms in total. The summed E-state index contributed by atoms with van der Waals surface area (Å²) in [6.07, 6.45) is 0.373. The number of amides is 3. The van der Waals surface area contributed by atoms with Crippen molar-refractivity contribution >= 4 is 41.5 Å². The fourth-order valence-electron chi connectivity index (χ4n) is 1.87. The fourth-order valence-corrected chi connectivity index (χ4v) is 1.87. The second-order valence-corrected chi connectivity index (χ2v) is 5.97. The van der Waals surface area contributed by atoms with Gasteiger partial charge in [0.15, 0.2) is 0 Å². The van der Waals surface area contributed by atoms with Crippen LogP contribution in [0.5, 0.6) is 0 Å². The summed E-state index contributed by atoms with van der Waals surface area (Å²) in [5, 5.41) is 7.97. The second kappa shape index (κ2) is 10.7. The van der Waals surface area contributed by atoms with Crippen LogP contribution in [-0.4, -0.2) is 30.3 Å². The molecule has 1 atom stereocenters. The Labute approximate surface area is 154 Å². The van der Waals surface area contributed by atoms with Crippen molar-refractivity contribution < 1.29 is 14.4 Å². The Morgan fingerprint density at radius 3 is 2.32 bits per heavy atom. The number of carbonyl (C=O) groups is 3. The van der Waals surface area contributed by atoms with Crippen LogP contribution >= 0.6 is 12.4 Å². The Balaban J connectivity index is 0.00000576. The van der Waals surface area contributed by atoms with Crippen molar-refractivity contribution in [3.63, 3.8) is 0 Å². The maximum absolute atomic E-state index is 12.0. The summed E-state index contributed by atoms with van der Waals surface area (Å²) in [7, 11) is 0. The molecule has 1 aromatic rings. The smallest absolute Gasteiger partial charge is 0.243 e. The predicted octanol–water partition coefficient (Wildman–Crippen LogP) is 1.80. The van der Waals surface area contributed by atoms with Gasteiger partial charge in [0.05, 0.1) is 12.6 Å². The normalized spacial score (nSPS) is 11.3. The predicted molar refractivity (Wildman–Crippen MR) is 102 cm³/mol. The van der Waals surface area contributed by atoms with Gasteiger partial charge in [0.25, 0.3) is 0 Å². The van der Waals surface area contributed by atoms with Crippen molar-refractivity contribution in [3.05, 3.63) is 23.8 Å². The number of anilines is 2. The molecule has 1 aromatic carbocycles. The van der Waals surface area contributed by atoms with Crippen molar-refractivity contribution in [2.45, 2.75) is 40.2 Å². The van der Waals surface area contributed by atoms with Crippen LogP contribution in [0.2, 0.25) is 0 Å². The highest BCUT2D eigenvalue weighted by Gasteiger charge is 2.17. The molecule has 0 spiro atoms. The molecule has 0 saturated heterocycles. The van der Waals surface area contributed by atoms with E-state index in [-0.39, 0.29) is 42.6 Å². The van der Waals surface area contributed by atoms with Crippen LogP contribution in [0.15, 0.2) is 18.2 Å². The first-order valence-corrected chi connectivity index (χ1v) is 7.98. The van der Waals surface area contributed by atoms with Gasteiger partial charge in [-0.2, -0.15) is 0 Å². The van der Waals surface area contributed by atoms with Gasteiger partial charge in [-0.15, -0.1) is 12.4 Å². The fraction of sp³-hybridized carbons (Fsp3) is 0.471. The summed E-state index contributed by atoms with van der Waals surface area (Å²) in [5.74, 6) is -0.831. The highest BCUT2D eigenvalue weighted by atomic mass is 35.5. The van der Waals surface area contributed by atoms with E-state index < -0.39 is 6.04 Å². The van der Waals surface area contributed by atoms with Crippen LogP contribution in [-0.2, 0) is 14.4 Å². The van der Waals surface area contributed by atoms with Gasteiger partial charge in [0.2, 0.25) is 17.7 Å². The van der Waals surface area contributed by atoms with Gasteiger partial charge in [-0.05, 0) is 30.5 Å². The third kappa shape index (κ3) is 7.53. The van der Waals surface area contributed by atoms with Gasteiger partial charge in [-0.25, -0.2) is 0 Å². The molecule has 0 fully saturated rings. The van der Waals surface area contributed by atoms with Crippen molar-refractivity contribution in [1.82, 2.24) is 5.32 Å². The molecular formula is C17H27ClN4O3. The maximum Gasteiger partial charge on any atom is 0.243 e. The number of aryl methyl sites for hydroxylation is 1. The number of carbonyl (C=O) groups excluding carboxylic acids is 3. The van der Waals surface area contributed by atoms with Gasteiger partial charge in [-0.3, -0.25) is 14.4 Å². The monoisotopic (exact) mass is 370 g/mol. The van der Waals surface area contributed by atoms with Crippen molar-refractivity contribution in [1.29, 1.82) is 0 Å². The van der Waals surface area contributed by atoms with Crippen LogP contribution < -0.4 is 21.7 Å². The van der Waals surface area contributed by atoms with E-state index in [0.29, 0.717) is 17.8 Å². The van der Waals surface area contributed by atoms with Crippen molar-refractivity contribution in [3.8, 4) is 0 Å². The topological polar surface area (TPSA) is 113 Å². The van der Waals surface area contributed by atoms with Crippen LogP contribution in [0.4, 0.5) is 11.4 Å². The molecule has 0 unspecified atom stereocenters. The number of hydrogen-bond donors (Lipinski definition) is 4. The Morgan fingerprint density at radius 2 is 1.76 bits per heavy atom. The van der Waals surface area contributed by atoms with E-state index in [0.717, 1.165) is 5.56 Å². The number of halogens is 1. The van der Waals surface area contributed by atoms with Gasteiger partial charge in [-0.1, -0.05) is 26.8 Å². The minimum absolute atomic E-state index is 0. The summed E-state index contributed by atoms with van der Waals surface area (Å²) < 4.78 is 0. The van der Waals surface area contributed by atoms with E-state index in [2.05, 4.69) is 16.0 Å².